The number of nitrogens with zero attached hydrogens (tertiary/aromatic N) is 4. The lowest BCUT2D eigenvalue weighted by Gasteiger charge is -2.27. The van der Waals surface area contributed by atoms with E-state index in [4.69, 9.17) is 4.42 Å². The molecule has 2 fully saturated rings. The molecule has 0 atom stereocenters. The first-order valence-corrected chi connectivity index (χ1v) is 14.9. The van der Waals surface area contributed by atoms with Crippen molar-refractivity contribution < 1.29 is 14.3 Å². The minimum Gasteiger partial charge on any atom is -0.507 e. The normalized spacial score (nSPS) is 16.1. The van der Waals surface area contributed by atoms with Crippen LogP contribution in [0.4, 0.5) is 17.5 Å². The van der Waals surface area contributed by atoms with Crippen LogP contribution in [-0.2, 0) is 4.79 Å². The number of Topliss-reactive ketones (excluding diaryl/α,β-unsaturated/α-hetero) is 1. The van der Waals surface area contributed by atoms with Crippen LogP contribution in [0.15, 0.2) is 57.6 Å². The van der Waals surface area contributed by atoms with Gasteiger partial charge >= 0.3 is 0 Å². The van der Waals surface area contributed by atoms with Gasteiger partial charge in [-0.05, 0) is 56.0 Å². The zero-order chi connectivity index (χ0) is 29.9. The Labute approximate surface area is 249 Å². The number of carbonyl (C=O) groups excluding carboxylic acids is 1. The van der Waals surface area contributed by atoms with Gasteiger partial charge in [-0.2, -0.15) is 0 Å². The topological polar surface area (TPSA) is 133 Å². The van der Waals surface area contributed by atoms with Crippen LogP contribution in [0.1, 0.15) is 50.3 Å². The van der Waals surface area contributed by atoms with Gasteiger partial charge in [0.1, 0.15) is 11.3 Å². The average molecular weight is 581 g/mol. The van der Waals surface area contributed by atoms with Gasteiger partial charge in [-0.25, -0.2) is 9.97 Å². The number of nitrogens with one attached hydrogen (secondary N) is 2. The van der Waals surface area contributed by atoms with Crippen LogP contribution in [-0.4, -0.2) is 52.0 Å². The smallest absolute Gasteiger partial charge is 0.227 e. The first-order chi connectivity index (χ1) is 20.8. The maximum Gasteiger partial charge on any atom is 0.227 e. The number of aromatic hydroxyl groups is 1. The van der Waals surface area contributed by atoms with Crippen molar-refractivity contribution in [3.63, 3.8) is 0 Å². The predicted octanol–water partition coefficient (Wildman–Crippen LogP) is 5.36. The second-order valence-corrected chi connectivity index (χ2v) is 11.5. The highest BCUT2D eigenvalue weighted by Crippen LogP contribution is 2.35. The quantitative estimate of drug-likeness (QED) is 0.234. The lowest BCUT2D eigenvalue weighted by molar-refractivity contribution is -0.113. The maximum absolute atomic E-state index is 12.9. The predicted molar refractivity (Wildman–Crippen MR) is 168 cm³/mol. The Balaban J connectivity index is 1.24. The SMILES string of the molecule is CC(=O)/C(=C/c1cnc(Nc2cncc(-c3cc4oc(N5CCNCC5)cc(=O)c4cc3O)c2)nc1C)CC1CCCC1. The molecule has 1 aromatic carbocycles. The summed E-state index contributed by atoms with van der Waals surface area (Å²) < 4.78 is 6.13. The third-order valence-corrected chi connectivity index (χ3v) is 8.35. The number of phenols is 1. The molecule has 4 aromatic rings. The summed E-state index contributed by atoms with van der Waals surface area (Å²) in [7, 11) is 0. The van der Waals surface area contributed by atoms with Gasteiger partial charge < -0.3 is 25.1 Å². The highest BCUT2D eigenvalue weighted by Gasteiger charge is 2.20. The zero-order valence-corrected chi connectivity index (χ0v) is 24.5. The number of hydrogen-bond donors (Lipinski definition) is 3. The number of carbonyl (C=O) groups is 1. The molecular weight excluding hydrogens is 544 g/mol. The van der Waals surface area contributed by atoms with Gasteiger partial charge in [0.15, 0.2) is 17.1 Å². The van der Waals surface area contributed by atoms with Crippen LogP contribution in [0.25, 0.3) is 28.2 Å². The van der Waals surface area contributed by atoms with Crippen molar-refractivity contribution in [2.75, 3.05) is 36.4 Å². The number of pyridine rings is 1. The van der Waals surface area contributed by atoms with Crippen molar-refractivity contribution in [3.05, 3.63) is 69.9 Å². The first-order valence-electron chi connectivity index (χ1n) is 14.9. The third kappa shape index (κ3) is 6.44. The fourth-order valence-electron chi connectivity index (χ4n) is 5.93. The van der Waals surface area contributed by atoms with E-state index in [2.05, 4.69) is 25.6 Å². The molecule has 1 saturated carbocycles. The third-order valence-electron chi connectivity index (χ3n) is 8.35. The molecule has 1 aliphatic heterocycles. The van der Waals surface area contributed by atoms with Crippen LogP contribution in [0.2, 0.25) is 0 Å². The number of piperazine rings is 1. The Morgan fingerprint density at radius 1 is 1.14 bits per heavy atom. The molecule has 10 heteroatoms. The van der Waals surface area contributed by atoms with Gasteiger partial charge in [0.25, 0.3) is 0 Å². The van der Waals surface area contributed by atoms with Gasteiger partial charge in [0, 0.05) is 61.3 Å². The molecule has 43 heavy (non-hydrogen) atoms. The molecule has 1 saturated heterocycles. The number of fused-ring (bicyclic) bond motifs is 1. The van der Waals surface area contributed by atoms with Gasteiger partial charge in [-0.3, -0.25) is 14.6 Å². The van der Waals surface area contributed by atoms with Gasteiger partial charge in [0.05, 0.1) is 23.0 Å². The molecule has 0 spiro atoms. The standard InChI is InChI=1S/C33H36N6O4/c1-20-24(12-23(21(2)40)11-22-5-3-4-6-22)18-36-33(37-20)38-26-13-25(17-35-19-26)27-15-31-28(14-29(27)41)30(42)16-32(43-31)39-9-7-34-8-10-39/h12-19,22,34,41H,3-11H2,1-2H3,(H,36,37,38)/b23-12+. The molecule has 4 heterocycles. The number of phenolic OH excluding ortho intramolecular Hbond substituents is 1. The molecular formula is C33H36N6O4. The van der Waals surface area contributed by atoms with Crippen LogP contribution in [0.5, 0.6) is 5.75 Å². The van der Waals surface area contributed by atoms with Gasteiger partial charge in [0.2, 0.25) is 5.95 Å². The van der Waals surface area contributed by atoms with E-state index in [1.165, 1.54) is 37.8 Å². The molecule has 3 aromatic heterocycles. The molecule has 6 rings (SSSR count). The van der Waals surface area contributed by atoms with Crippen molar-refractivity contribution in [2.45, 2.75) is 46.0 Å². The minimum absolute atomic E-state index is 0.0456. The summed E-state index contributed by atoms with van der Waals surface area (Å²) >= 11 is 0. The van der Waals surface area contributed by atoms with Crippen molar-refractivity contribution >= 4 is 40.3 Å². The second kappa shape index (κ2) is 12.3. The average Bonchev–Trinajstić information content (AvgIpc) is 3.52. The molecule has 0 bridgehead atoms. The highest BCUT2D eigenvalue weighted by atomic mass is 16.4. The van der Waals surface area contributed by atoms with E-state index >= 15 is 0 Å². The molecule has 3 N–H and O–H groups in total. The Morgan fingerprint density at radius 3 is 2.67 bits per heavy atom. The Morgan fingerprint density at radius 2 is 1.93 bits per heavy atom. The molecule has 0 amide bonds. The lowest BCUT2D eigenvalue weighted by atomic mass is 9.94. The number of allylic oxidation sites excluding steroid dienone is 1. The summed E-state index contributed by atoms with van der Waals surface area (Å²) in [6, 6.07) is 6.43. The molecule has 2 aliphatic rings. The first kappa shape index (κ1) is 28.5. The van der Waals surface area contributed by atoms with E-state index in [-0.39, 0.29) is 17.0 Å². The largest absolute Gasteiger partial charge is 0.507 e. The van der Waals surface area contributed by atoms with Crippen molar-refractivity contribution in [3.8, 4) is 16.9 Å². The number of aryl methyl sites for hydroxylation is 1. The monoisotopic (exact) mass is 580 g/mol. The summed E-state index contributed by atoms with van der Waals surface area (Å²) in [5.41, 5.74) is 4.34. The van der Waals surface area contributed by atoms with Crippen molar-refractivity contribution in [2.24, 2.45) is 5.92 Å². The summed E-state index contributed by atoms with van der Waals surface area (Å²) in [5, 5.41) is 17.7. The van der Waals surface area contributed by atoms with Crippen molar-refractivity contribution in [1.29, 1.82) is 0 Å². The fourth-order valence-corrected chi connectivity index (χ4v) is 5.93. The Kier molecular flexibility index (Phi) is 8.20. The highest BCUT2D eigenvalue weighted by molar-refractivity contribution is 5.97. The maximum atomic E-state index is 12.9. The summed E-state index contributed by atoms with van der Waals surface area (Å²) in [6.07, 6.45) is 12.6. The number of aromatic nitrogens is 3. The Hall–Kier alpha value is -4.57. The number of ketones is 1. The van der Waals surface area contributed by atoms with E-state index in [0.29, 0.717) is 45.5 Å². The number of hydrogen-bond acceptors (Lipinski definition) is 10. The zero-order valence-electron chi connectivity index (χ0n) is 24.5. The molecule has 0 unspecified atom stereocenters. The van der Waals surface area contributed by atoms with E-state index in [0.717, 1.165) is 49.4 Å². The van der Waals surface area contributed by atoms with Crippen LogP contribution >= 0.6 is 0 Å². The number of benzene rings is 1. The number of anilines is 3. The summed E-state index contributed by atoms with van der Waals surface area (Å²) in [6.45, 7) is 6.64. The van der Waals surface area contributed by atoms with Crippen LogP contribution in [0.3, 0.4) is 0 Å². The summed E-state index contributed by atoms with van der Waals surface area (Å²) in [4.78, 5) is 40.7. The van der Waals surface area contributed by atoms with Crippen LogP contribution in [0, 0.1) is 12.8 Å². The van der Waals surface area contributed by atoms with E-state index in [9.17, 15) is 14.7 Å². The fraction of sp³-hybridized carbons (Fsp3) is 0.364. The molecule has 0 radical (unpaired) electrons. The molecule has 1 aliphatic carbocycles. The number of rotatable bonds is 8. The van der Waals surface area contributed by atoms with E-state index in [1.807, 2.05) is 24.0 Å². The van der Waals surface area contributed by atoms with Gasteiger partial charge in [-0.15, -0.1) is 0 Å². The molecule has 10 nitrogen and oxygen atoms in total. The van der Waals surface area contributed by atoms with E-state index < -0.39 is 0 Å². The summed E-state index contributed by atoms with van der Waals surface area (Å²) in [5.74, 6) is 1.53. The van der Waals surface area contributed by atoms with Crippen molar-refractivity contribution in [1.82, 2.24) is 20.3 Å². The lowest BCUT2D eigenvalue weighted by Crippen LogP contribution is -2.43. The molecule has 222 valence electrons. The van der Waals surface area contributed by atoms with E-state index in [1.54, 1.807) is 31.6 Å². The minimum atomic E-state index is -0.204. The Bertz CT molecular complexity index is 1750. The van der Waals surface area contributed by atoms with Crippen LogP contribution < -0.4 is 21.0 Å². The second-order valence-electron chi connectivity index (χ2n) is 11.5. The van der Waals surface area contributed by atoms with Gasteiger partial charge in [-0.1, -0.05) is 25.7 Å².